The normalized spacial score (nSPS) is 17.3. The summed E-state index contributed by atoms with van der Waals surface area (Å²) in [6.45, 7) is 6.96. The Morgan fingerprint density at radius 1 is 1.31 bits per heavy atom. The number of hydrogen-bond donors (Lipinski definition) is 2. The number of thioether (sulfide) groups is 1. The second-order valence-electron chi connectivity index (χ2n) is 6.66. The van der Waals surface area contributed by atoms with Crippen LogP contribution in [0.4, 0.5) is 0 Å². The summed E-state index contributed by atoms with van der Waals surface area (Å²) in [5, 5.41) is 7.23. The summed E-state index contributed by atoms with van der Waals surface area (Å²) in [5.41, 5.74) is 0. The Morgan fingerprint density at radius 2 is 2.08 bits per heavy atom. The number of likely N-dealkylation sites (tertiary alicyclic amines) is 1. The van der Waals surface area contributed by atoms with Crippen LogP contribution in [0.3, 0.4) is 0 Å². The van der Waals surface area contributed by atoms with E-state index in [0.29, 0.717) is 23.6 Å². The smallest absolute Gasteiger partial charge is 0.222 e. The molecule has 0 spiro atoms. The summed E-state index contributed by atoms with van der Waals surface area (Å²) in [6.07, 6.45) is 3.68. The Morgan fingerprint density at radius 3 is 2.69 bits per heavy atom. The van der Waals surface area contributed by atoms with E-state index in [9.17, 15) is 4.79 Å². The van der Waals surface area contributed by atoms with Crippen LogP contribution in [0.2, 0.25) is 0 Å². The van der Waals surface area contributed by atoms with E-state index < -0.39 is 0 Å². The van der Waals surface area contributed by atoms with Crippen LogP contribution in [-0.4, -0.2) is 54.7 Å². The monoisotopic (exact) mass is 376 g/mol. The van der Waals surface area contributed by atoms with Gasteiger partial charge in [0, 0.05) is 49.3 Å². The highest BCUT2D eigenvalue weighted by molar-refractivity contribution is 8.00. The standard InChI is InChI=1S/C20H32N4OS/c1-4-17(24-14-8-11-19(24)25)12-13-22-20(21-3)23-15-16(2)26-18-9-6-5-7-10-18/h5-7,9-10,16-17H,4,8,11-15H2,1-3H3,(H2,21,22,23). The molecule has 2 unspecified atom stereocenters. The quantitative estimate of drug-likeness (QED) is 0.395. The number of aliphatic imine (C=N–C) groups is 1. The molecule has 1 aromatic rings. The van der Waals surface area contributed by atoms with Crippen molar-refractivity contribution >= 4 is 23.6 Å². The maximum Gasteiger partial charge on any atom is 0.222 e. The van der Waals surface area contributed by atoms with Crippen LogP contribution >= 0.6 is 11.8 Å². The molecule has 2 rings (SSSR count). The molecule has 2 atom stereocenters. The van der Waals surface area contributed by atoms with Crippen molar-refractivity contribution in [2.24, 2.45) is 4.99 Å². The van der Waals surface area contributed by atoms with Gasteiger partial charge in [-0.25, -0.2) is 0 Å². The van der Waals surface area contributed by atoms with Crippen molar-refractivity contribution in [3.8, 4) is 0 Å². The molecule has 5 nitrogen and oxygen atoms in total. The van der Waals surface area contributed by atoms with Crippen LogP contribution in [0, 0.1) is 0 Å². The summed E-state index contributed by atoms with van der Waals surface area (Å²) < 4.78 is 0. The number of amides is 1. The largest absolute Gasteiger partial charge is 0.356 e. The molecule has 1 heterocycles. The fraction of sp³-hybridized carbons (Fsp3) is 0.600. The van der Waals surface area contributed by atoms with Gasteiger partial charge in [-0.1, -0.05) is 32.0 Å². The topological polar surface area (TPSA) is 56.7 Å². The van der Waals surface area contributed by atoms with E-state index >= 15 is 0 Å². The van der Waals surface area contributed by atoms with Crippen molar-refractivity contribution in [2.45, 2.75) is 55.7 Å². The number of benzene rings is 1. The maximum absolute atomic E-state index is 11.9. The van der Waals surface area contributed by atoms with E-state index in [1.165, 1.54) is 4.90 Å². The first-order chi connectivity index (χ1) is 12.6. The lowest BCUT2D eigenvalue weighted by atomic mass is 10.1. The van der Waals surface area contributed by atoms with E-state index in [1.807, 2.05) is 17.8 Å². The molecule has 0 aromatic heterocycles. The number of rotatable bonds is 9. The Kier molecular flexibility index (Phi) is 8.81. The highest BCUT2D eigenvalue weighted by atomic mass is 32.2. The summed E-state index contributed by atoms with van der Waals surface area (Å²) in [4.78, 5) is 19.6. The van der Waals surface area contributed by atoms with Gasteiger partial charge < -0.3 is 15.5 Å². The van der Waals surface area contributed by atoms with Gasteiger partial charge in [0.05, 0.1) is 0 Å². The Balaban J connectivity index is 1.69. The fourth-order valence-corrected chi connectivity index (χ4v) is 4.17. The number of guanidine groups is 1. The van der Waals surface area contributed by atoms with Gasteiger partial charge >= 0.3 is 0 Å². The van der Waals surface area contributed by atoms with Gasteiger partial charge in [0.15, 0.2) is 5.96 Å². The molecule has 0 aliphatic carbocycles. The van der Waals surface area contributed by atoms with Crippen LogP contribution in [0.5, 0.6) is 0 Å². The van der Waals surface area contributed by atoms with E-state index in [0.717, 1.165) is 44.9 Å². The molecule has 0 saturated carbocycles. The van der Waals surface area contributed by atoms with Crippen molar-refractivity contribution < 1.29 is 4.79 Å². The molecule has 1 fully saturated rings. The van der Waals surface area contributed by atoms with Crippen molar-refractivity contribution in [1.82, 2.24) is 15.5 Å². The number of carbonyl (C=O) groups is 1. The van der Waals surface area contributed by atoms with Crippen LogP contribution in [0.1, 0.15) is 39.5 Å². The zero-order chi connectivity index (χ0) is 18.8. The Bertz CT molecular complexity index is 578. The molecule has 1 amide bonds. The number of hydrogen-bond acceptors (Lipinski definition) is 3. The van der Waals surface area contributed by atoms with Gasteiger partial charge in [-0.15, -0.1) is 11.8 Å². The van der Waals surface area contributed by atoms with E-state index in [4.69, 9.17) is 0 Å². The molecule has 1 aliphatic rings. The predicted octanol–water partition coefficient (Wildman–Crippen LogP) is 3.12. The SMILES string of the molecule is CCC(CCNC(=NC)NCC(C)Sc1ccccc1)N1CCCC1=O. The minimum atomic E-state index is 0.311. The first-order valence-corrected chi connectivity index (χ1v) is 10.5. The molecule has 1 aromatic carbocycles. The molecule has 0 bridgehead atoms. The molecule has 1 aliphatic heterocycles. The van der Waals surface area contributed by atoms with Gasteiger partial charge in [0.2, 0.25) is 5.91 Å². The summed E-state index contributed by atoms with van der Waals surface area (Å²) in [6, 6.07) is 10.8. The number of carbonyl (C=O) groups excluding carboxylic acids is 1. The molecule has 144 valence electrons. The third-order valence-corrected chi connectivity index (χ3v) is 5.77. The second-order valence-corrected chi connectivity index (χ2v) is 8.17. The summed E-state index contributed by atoms with van der Waals surface area (Å²) >= 11 is 1.86. The van der Waals surface area contributed by atoms with Crippen LogP contribution in [0.15, 0.2) is 40.2 Å². The lowest BCUT2D eigenvalue weighted by molar-refractivity contribution is -0.129. The van der Waals surface area contributed by atoms with Crippen molar-refractivity contribution in [1.29, 1.82) is 0 Å². The second kappa shape index (κ2) is 11.1. The van der Waals surface area contributed by atoms with E-state index in [1.54, 1.807) is 7.05 Å². The zero-order valence-electron chi connectivity index (χ0n) is 16.2. The van der Waals surface area contributed by atoms with Gasteiger partial charge in [-0.05, 0) is 31.4 Å². The third kappa shape index (κ3) is 6.56. The van der Waals surface area contributed by atoms with Crippen molar-refractivity contribution in [3.63, 3.8) is 0 Å². The Labute approximate surface area is 162 Å². The van der Waals surface area contributed by atoms with Crippen LogP contribution < -0.4 is 10.6 Å². The highest BCUT2D eigenvalue weighted by Gasteiger charge is 2.26. The van der Waals surface area contributed by atoms with Gasteiger partial charge in [0.1, 0.15) is 0 Å². The van der Waals surface area contributed by atoms with E-state index in [2.05, 4.69) is 58.6 Å². The zero-order valence-corrected chi connectivity index (χ0v) is 17.0. The predicted molar refractivity (Wildman–Crippen MR) is 111 cm³/mol. The molecule has 1 saturated heterocycles. The average Bonchev–Trinajstić information content (AvgIpc) is 3.08. The summed E-state index contributed by atoms with van der Waals surface area (Å²) in [5.74, 6) is 1.14. The first kappa shape index (κ1) is 20.6. The molecule has 2 N–H and O–H groups in total. The summed E-state index contributed by atoms with van der Waals surface area (Å²) in [7, 11) is 1.80. The van der Waals surface area contributed by atoms with Crippen LogP contribution in [0.25, 0.3) is 0 Å². The average molecular weight is 377 g/mol. The molecule has 6 heteroatoms. The number of nitrogens with zero attached hydrogens (tertiary/aromatic N) is 2. The minimum Gasteiger partial charge on any atom is -0.356 e. The third-order valence-electron chi connectivity index (χ3n) is 4.65. The van der Waals surface area contributed by atoms with Gasteiger partial charge in [-0.2, -0.15) is 0 Å². The lowest BCUT2D eigenvalue weighted by Gasteiger charge is -2.27. The van der Waals surface area contributed by atoms with Gasteiger partial charge in [-0.3, -0.25) is 9.79 Å². The first-order valence-electron chi connectivity index (χ1n) is 9.59. The fourth-order valence-electron chi connectivity index (χ4n) is 3.23. The van der Waals surface area contributed by atoms with Crippen LogP contribution in [-0.2, 0) is 4.79 Å². The maximum atomic E-state index is 11.9. The van der Waals surface area contributed by atoms with E-state index in [-0.39, 0.29) is 0 Å². The van der Waals surface area contributed by atoms with Gasteiger partial charge in [0.25, 0.3) is 0 Å². The van der Waals surface area contributed by atoms with Crippen molar-refractivity contribution in [2.75, 3.05) is 26.7 Å². The van der Waals surface area contributed by atoms with Crippen molar-refractivity contribution in [3.05, 3.63) is 30.3 Å². The molecular weight excluding hydrogens is 344 g/mol. The lowest BCUT2D eigenvalue weighted by Crippen LogP contribution is -2.43. The molecular formula is C20H32N4OS. The molecule has 26 heavy (non-hydrogen) atoms. The highest BCUT2D eigenvalue weighted by Crippen LogP contribution is 2.22. The molecule has 0 radical (unpaired) electrons. The minimum absolute atomic E-state index is 0.311. The Hall–Kier alpha value is -1.69. The number of nitrogens with one attached hydrogen (secondary N) is 2.